The zero-order chi connectivity index (χ0) is 26.3. The summed E-state index contributed by atoms with van der Waals surface area (Å²) < 4.78 is 0. The standard InChI is InChI=1S/C30H37N5O3/c36-28(25-21-32-26-14-8-7-13-24(25)26)30(38)35(20-19-34-17-15-31-16-18-34)27(22-9-3-1-4-10-22)29(37)33-23-11-5-2-6-12-23/h2,5-8,11-14,21-22,27,31-32H,1,3-4,9-10,15-20H2,(H,33,37)/t27-/m1/s1. The van der Waals surface area contributed by atoms with Gasteiger partial charge in [-0.25, -0.2) is 0 Å². The molecule has 0 unspecified atom stereocenters. The lowest BCUT2D eigenvalue weighted by molar-refractivity contribution is -0.137. The number of anilines is 1. The summed E-state index contributed by atoms with van der Waals surface area (Å²) >= 11 is 0. The second kappa shape index (κ2) is 12.4. The van der Waals surface area contributed by atoms with Crippen LogP contribution in [0.5, 0.6) is 0 Å². The number of aromatic nitrogens is 1. The lowest BCUT2D eigenvalue weighted by Crippen LogP contribution is -2.56. The van der Waals surface area contributed by atoms with E-state index in [0.29, 0.717) is 24.3 Å². The highest BCUT2D eigenvalue weighted by Crippen LogP contribution is 2.31. The van der Waals surface area contributed by atoms with Crippen molar-refractivity contribution < 1.29 is 14.4 Å². The molecule has 0 bridgehead atoms. The quantitative estimate of drug-likeness (QED) is 0.298. The van der Waals surface area contributed by atoms with Crippen LogP contribution in [0.1, 0.15) is 42.5 Å². The number of amides is 2. The number of carbonyl (C=O) groups excluding carboxylic acids is 3. The molecule has 5 rings (SSSR count). The SMILES string of the molecule is O=C(C(=O)N(CCN1CCNCC1)[C@@H](C(=O)Nc1ccccc1)C1CCCCC1)c1c[nH]c2ccccc12. The average molecular weight is 516 g/mol. The van der Waals surface area contributed by atoms with Crippen LogP contribution in [0.3, 0.4) is 0 Å². The van der Waals surface area contributed by atoms with Crippen molar-refractivity contribution in [3.8, 4) is 0 Å². The largest absolute Gasteiger partial charge is 0.360 e. The maximum Gasteiger partial charge on any atom is 0.295 e. The molecule has 1 aliphatic heterocycles. The minimum Gasteiger partial charge on any atom is -0.360 e. The predicted molar refractivity (Wildman–Crippen MR) is 149 cm³/mol. The molecule has 3 aromatic rings. The fraction of sp³-hybridized carbons (Fsp3) is 0.433. The van der Waals surface area contributed by atoms with E-state index in [2.05, 4.69) is 20.5 Å². The van der Waals surface area contributed by atoms with E-state index in [1.54, 1.807) is 11.1 Å². The molecule has 200 valence electrons. The number of ketones is 1. The summed E-state index contributed by atoms with van der Waals surface area (Å²) in [6.07, 6.45) is 6.52. The van der Waals surface area contributed by atoms with Crippen molar-refractivity contribution in [2.24, 2.45) is 5.92 Å². The predicted octanol–water partition coefficient (Wildman–Crippen LogP) is 3.67. The van der Waals surface area contributed by atoms with Gasteiger partial charge < -0.3 is 20.5 Å². The van der Waals surface area contributed by atoms with Crippen molar-refractivity contribution in [1.29, 1.82) is 0 Å². The van der Waals surface area contributed by atoms with Crippen molar-refractivity contribution >= 4 is 34.2 Å². The van der Waals surface area contributed by atoms with Gasteiger partial charge in [0.15, 0.2) is 0 Å². The van der Waals surface area contributed by atoms with Gasteiger partial charge in [-0.3, -0.25) is 19.3 Å². The zero-order valence-electron chi connectivity index (χ0n) is 21.8. The van der Waals surface area contributed by atoms with Gasteiger partial charge in [-0.2, -0.15) is 0 Å². The van der Waals surface area contributed by atoms with Crippen molar-refractivity contribution in [3.63, 3.8) is 0 Å². The summed E-state index contributed by atoms with van der Waals surface area (Å²) in [5, 5.41) is 7.12. The van der Waals surface area contributed by atoms with E-state index >= 15 is 0 Å². The third-order valence-corrected chi connectivity index (χ3v) is 7.90. The number of rotatable bonds is 9. The first-order valence-electron chi connectivity index (χ1n) is 13.8. The van der Waals surface area contributed by atoms with E-state index in [1.165, 1.54) is 0 Å². The number of hydrogen-bond acceptors (Lipinski definition) is 5. The lowest BCUT2D eigenvalue weighted by Gasteiger charge is -2.39. The van der Waals surface area contributed by atoms with Crippen molar-refractivity contribution in [2.45, 2.75) is 38.1 Å². The second-order valence-electron chi connectivity index (χ2n) is 10.4. The van der Waals surface area contributed by atoms with Crippen LogP contribution in [0.2, 0.25) is 0 Å². The summed E-state index contributed by atoms with van der Waals surface area (Å²) in [6, 6.07) is 16.1. The lowest BCUT2D eigenvalue weighted by atomic mass is 9.82. The van der Waals surface area contributed by atoms with Gasteiger partial charge in [-0.05, 0) is 37.0 Å². The van der Waals surface area contributed by atoms with Crippen molar-refractivity contribution in [2.75, 3.05) is 44.6 Å². The molecule has 1 saturated heterocycles. The van der Waals surface area contributed by atoms with Gasteiger partial charge in [-0.15, -0.1) is 0 Å². The minimum absolute atomic E-state index is 0.00945. The number of nitrogens with one attached hydrogen (secondary N) is 3. The summed E-state index contributed by atoms with van der Waals surface area (Å²) in [4.78, 5) is 48.6. The van der Waals surface area contributed by atoms with Gasteiger partial charge in [0, 0.05) is 62.1 Å². The van der Waals surface area contributed by atoms with Crippen LogP contribution in [-0.2, 0) is 9.59 Å². The summed E-state index contributed by atoms with van der Waals surface area (Å²) in [7, 11) is 0. The molecule has 0 radical (unpaired) electrons. The van der Waals surface area contributed by atoms with E-state index in [9.17, 15) is 14.4 Å². The number of carbonyl (C=O) groups is 3. The molecule has 1 aliphatic carbocycles. The average Bonchev–Trinajstić information content (AvgIpc) is 3.40. The maximum atomic E-state index is 14.1. The number of benzene rings is 2. The number of aromatic amines is 1. The van der Waals surface area contributed by atoms with E-state index in [1.807, 2.05) is 54.6 Å². The Bertz CT molecular complexity index is 1250. The third-order valence-electron chi connectivity index (χ3n) is 7.90. The Morgan fingerprint density at radius 2 is 1.66 bits per heavy atom. The Hall–Kier alpha value is -3.49. The molecule has 2 aromatic carbocycles. The summed E-state index contributed by atoms with van der Waals surface area (Å²) in [5.41, 5.74) is 1.85. The van der Waals surface area contributed by atoms with Crippen LogP contribution < -0.4 is 10.6 Å². The highest BCUT2D eigenvalue weighted by molar-refractivity contribution is 6.45. The molecule has 8 nitrogen and oxygen atoms in total. The fourth-order valence-electron chi connectivity index (χ4n) is 5.85. The molecule has 1 atom stereocenters. The molecule has 1 saturated carbocycles. The van der Waals surface area contributed by atoms with E-state index in [4.69, 9.17) is 0 Å². The normalized spacial score (nSPS) is 17.7. The molecule has 2 fully saturated rings. The molecular formula is C30H37N5O3. The smallest absolute Gasteiger partial charge is 0.295 e. The zero-order valence-corrected chi connectivity index (χ0v) is 21.8. The van der Waals surface area contributed by atoms with Crippen molar-refractivity contribution in [1.82, 2.24) is 20.1 Å². The first-order chi connectivity index (χ1) is 18.6. The van der Waals surface area contributed by atoms with Crippen LogP contribution in [0.15, 0.2) is 60.8 Å². The minimum atomic E-state index is -0.708. The Labute approximate surface area is 223 Å². The van der Waals surface area contributed by atoms with Gasteiger partial charge in [-0.1, -0.05) is 55.7 Å². The fourth-order valence-corrected chi connectivity index (χ4v) is 5.85. The number of fused-ring (bicyclic) bond motifs is 1. The van der Waals surface area contributed by atoms with Crippen LogP contribution in [-0.4, -0.2) is 77.7 Å². The van der Waals surface area contributed by atoms with Crippen LogP contribution in [0.4, 0.5) is 5.69 Å². The first-order valence-corrected chi connectivity index (χ1v) is 13.8. The monoisotopic (exact) mass is 515 g/mol. The molecule has 1 aromatic heterocycles. The molecular weight excluding hydrogens is 478 g/mol. The topological polar surface area (TPSA) is 97.5 Å². The van der Waals surface area contributed by atoms with E-state index in [-0.39, 0.29) is 11.8 Å². The van der Waals surface area contributed by atoms with Gasteiger partial charge >= 0.3 is 0 Å². The Kier molecular flexibility index (Phi) is 8.51. The number of nitrogens with zero attached hydrogens (tertiary/aromatic N) is 2. The Morgan fingerprint density at radius 3 is 2.42 bits per heavy atom. The van der Waals surface area contributed by atoms with Gasteiger partial charge in [0.25, 0.3) is 11.7 Å². The Morgan fingerprint density at radius 1 is 0.947 bits per heavy atom. The molecule has 3 N–H and O–H groups in total. The van der Waals surface area contributed by atoms with Crippen LogP contribution in [0.25, 0.3) is 10.9 Å². The number of hydrogen-bond donors (Lipinski definition) is 3. The van der Waals surface area contributed by atoms with Gasteiger partial charge in [0.05, 0.1) is 5.56 Å². The Balaban J connectivity index is 1.46. The molecule has 2 aliphatic rings. The van der Waals surface area contributed by atoms with E-state index < -0.39 is 17.7 Å². The number of Topliss-reactive ketones (excluding diaryl/α,β-unsaturated/α-hetero) is 1. The third kappa shape index (κ3) is 5.97. The van der Waals surface area contributed by atoms with Crippen LogP contribution in [0, 0.1) is 5.92 Å². The van der Waals surface area contributed by atoms with Gasteiger partial charge in [0.1, 0.15) is 6.04 Å². The number of piperazine rings is 1. The molecule has 2 heterocycles. The highest BCUT2D eigenvalue weighted by atomic mass is 16.2. The maximum absolute atomic E-state index is 14.1. The number of H-pyrrole nitrogens is 1. The molecule has 0 spiro atoms. The summed E-state index contributed by atoms with van der Waals surface area (Å²) in [6.45, 7) is 4.49. The van der Waals surface area contributed by atoms with Crippen molar-refractivity contribution in [3.05, 3.63) is 66.4 Å². The highest BCUT2D eigenvalue weighted by Gasteiger charge is 2.40. The summed E-state index contributed by atoms with van der Waals surface area (Å²) in [5.74, 6) is -1.39. The van der Waals surface area contributed by atoms with E-state index in [0.717, 1.165) is 69.2 Å². The molecule has 8 heteroatoms. The molecule has 38 heavy (non-hydrogen) atoms. The van der Waals surface area contributed by atoms with Crippen LogP contribution >= 0.6 is 0 Å². The van der Waals surface area contributed by atoms with Gasteiger partial charge in [0.2, 0.25) is 5.91 Å². The number of para-hydroxylation sites is 2. The second-order valence-corrected chi connectivity index (χ2v) is 10.4. The first kappa shape index (κ1) is 26.1. The molecule has 2 amide bonds.